The second kappa shape index (κ2) is 4.16. The minimum Gasteiger partial charge on any atom is -0.211 e. The van der Waals surface area contributed by atoms with Crippen molar-refractivity contribution in [3.8, 4) is 0 Å². The maximum Gasteiger partial charge on any atom is 0.224 e. The lowest BCUT2D eigenvalue weighted by molar-refractivity contribution is 0.455. The van der Waals surface area contributed by atoms with Crippen molar-refractivity contribution in [3.63, 3.8) is 0 Å². The third-order valence-corrected chi connectivity index (χ3v) is 6.15. The molecule has 0 saturated carbocycles. The third-order valence-electron chi connectivity index (χ3n) is 2.19. The van der Waals surface area contributed by atoms with E-state index in [4.69, 9.17) is 0 Å². The Bertz CT molecular complexity index is 346. The van der Waals surface area contributed by atoms with E-state index >= 15 is 0 Å². The van der Waals surface area contributed by atoms with E-state index in [1.165, 1.54) is 0 Å². The fourth-order valence-electron chi connectivity index (χ4n) is 1.28. The minimum atomic E-state index is -3.65. The van der Waals surface area contributed by atoms with Crippen molar-refractivity contribution < 1.29 is 16.8 Å². The maximum absolute atomic E-state index is 11.2. The van der Waals surface area contributed by atoms with E-state index in [1.54, 1.807) is 18.0 Å². The first-order valence-electron chi connectivity index (χ1n) is 3.96. The zero-order valence-electron chi connectivity index (χ0n) is 7.52. The molecule has 1 aliphatic rings. The van der Waals surface area contributed by atoms with Gasteiger partial charge in [0.15, 0.2) is 0 Å². The highest BCUT2D eigenvalue weighted by atomic mass is 32.3. The van der Waals surface area contributed by atoms with Crippen LogP contribution in [0.4, 0.5) is 0 Å². The Morgan fingerprint density at radius 1 is 0.929 bits per heavy atom. The molecular formula is C7H17NO4S2. The average Bonchev–Trinajstić information content (AvgIpc) is 1.85. The lowest BCUT2D eigenvalue weighted by atomic mass is 10.0. The number of nitrogens with one attached hydrogen (secondary N) is 1. The smallest absolute Gasteiger partial charge is 0.211 e. The van der Waals surface area contributed by atoms with Crippen molar-refractivity contribution in [2.45, 2.75) is 21.3 Å². The molecule has 1 fully saturated rings. The van der Waals surface area contributed by atoms with Gasteiger partial charge in [0.05, 0.1) is 11.5 Å². The van der Waals surface area contributed by atoms with E-state index in [9.17, 15) is 16.8 Å². The predicted octanol–water partition coefficient (Wildman–Crippen LogP) is 0.158. The molecule has 0 spiro atoms. The molecular weight excluding hydrogens is 226 g/mol. The molecule has 0 amide bonds. The van der Waals surface area contributed by atoms with E-state index in [2.05, 4.69) is 0 Å². The van der Waals surface area contributed by atoms with Crippen molar-refractivity contribution in [1.29, 1.82) is 0 Å². The zero-order chi connectivity index (χ0) is 10.3. The number of hydrogen-bond donors (Lipinski definition) is 1. The van der Waals surface area contributed by atoms with Crippen LogP contribution in [0.15, 0.2) is 0 Å². The van der Waals surface area contributed by atoms with E-state index in [0.717, 1.165) is 0 Å². The van der Waals surface area contributed by atoms with Crippen LogP contribution in [-0.4, -0.2) is 28.3 Å². The second-order valence-corrected chi connectivity index (χ2v) is 7.39. The standard InChI is InChI=1S/C6H13NO4S2.CH4/c1-5-3-12(8,9)7-13(10,11)4-6(5)2;/h5-7H,3-4H2,1-2H3;1H4. The Balaban J connectivity index is 0.00000169. The monoisotopic (exact) mass is 243 g/mol. The summed E-state index contributed by atoms with van der Waals surface area (Å²) in [6.45, 7) is 3.48. The first-order valence-corrected chi connectivity index (χ1v) is 7.26. The van der Waals surface area contributed by atoms with Crippen LogP contribution in [0.2, 0.25) is 0 Å². The molecule has 1 aliphatic heterocycles. The van der Waals surface area contributed by atoms with Crippen LogP contribution in [0.25, 0.3) is 0 Å². The Labute approximate surface area is 86.0 Å². The Morgan fingerprint density at radius 3 is 1.50 bits per heavy atom. The van der Waals surface area contributed by atoms with E-state index in [0.29, 0.717) is 0 Å². The van der Waals surface area contributed by atoms with Gasteiger partial charge in [-0.2, -0.15) is 0 Å². The Morgan fingerprint density at radius 2 is 1.21 bits per heavy atom. The highest BCUT2D eigenvalue weighted by Gasteiger charge is 2.32. The number of hydrogen-bond acceptors (Lipinski definition) is 4. The van der Waals surface area contributed by atoms with Gasteiger partial charge in [0, 0.05) is 0 Å². The fourth-order valence-corrected chi connectivity index (χ4v) is 5.42. The topological polar surface area (TPSA) is 80.3 Å². The quantitative estimate of drug-likeness (QED) is 0.657. The van der Waals surface area contributed by atoms with E-state index in [1.807, 2.05) is 0 Å². The van der Waals surface area contributed by atoms with Crippen LogP contribution in [0, 0.1) is 11.8 Å². The van der Waals surface area contributed by atoms with E-state index < -0.39 is 20.0 Å². The molecule has 1 saturated heterocycles. The van der Waals surface area contributed by atoms with Crippen LogP contribution in [0.1, 0.15) is 21.3 Å². The van der Waals surface area contributed by atoms with Gasteiger partial charge in [0.2, 0.25) is 20.0 Å². The largest absolute Gasteiger partial charge is 0.224 e. The van der Waals surface area contributed by atoms with Gasteiger partial charge < -0.3 is 0 Å². The number of rotatable bonds is 0. The van der Waals surface area contributed by atoms with Gasteiger partial charge in [-0.1, -0.05) is 21.3 Å². The van der Waals surface area contributed by atoms with Crippen molar-refractivity contribution in [1.82, 2.24) is 4.13 Å². The molecule has 86 valence electrons. The molecule has 1 heterocycles. The molecule has 2 atom stereocenters. The summed E-state index contributed by atoms with van der Waals surface area (Å²) >= 11 is 0. The fraction of sp³-hybridized carbons (Fsp3) is 1.00. The maximum atomic E-state index is 11.2. The molecule has 0 radical (unpaired) electrons. The van der Waals surface area contributed by atoms with Gasteiger partial charge in [0.1, 0.15) is 0 Å². The van der Waals surface area contributed by atoms with Gasteiger partial charge in [-0.3, -0.25) is 0 Å². The van der Waals surface area contributed by atoms with Crippen molar-refractivity contribution >= 4 is 20.0 Å². The highest BCUT2D eigenvalue weighted by Crippen LogP contribution is 2.18. The summed E-state index contributed by atoms with van der Waals surface area (Å²) in [7, 11) is -7.29. The molecule has 0 aromatic rings. The zero-order valence-corrected chi connectivity index (χ0v) is 9.15. The number of sulfonamides is 2. The van der Waals surface area contributed by atoms with Crippen LogP contribution >= 0.6 is 0 Å². The Kier molecular flexibility index (Phi) is 4.12. The molecule has 5 nitrogen and oxygen atoms in total. The Hall–Kier alpha value is -0.140. The molecule has 0 aromatic carbocycles. The third kappa shape index (κ3) is 3.55. The normalized spacial score (nSPS) is 35.3. The van der Waals surface area contributed by atoms with Gasteiger partial charge in [0.25, 0.3) is 0 Å². The summed E-state index contributed by atoms with van der Waals surface area (Å²) in [5.74, 6) is -0.495. The predicted molar refractivity (Wildman–Crippen MR) is 55.8 cm³/mol. The molecule has 0 aromatic heterocycles. The van der Waals surface area contributed by atoms with Crippen molar-refractivity contribution in [2.75, 3.05) is 11.5 Å². The molecule has 7 heteroatoms. The second-order valence-electron chi connectivity index (χ2n) is 3.60. The van der Waals surface area contributed by atoms with Crippen molar-refractivity contribution in [2.24, 2.45) is 11.8 Å². The summed E-state index contributed by atoms with van der Waals surface area (Å²) in [6.07, 6.45) is 0. The SMILES string of the molecule is C.CC1CS(=O)(=O)NS(=O)(=O)CC1C. The molecule has 0 bridgehead atoms. The van der Waals surface area contributed by atoms with Gasteiger partial charge in [-0.25, -0.2) is 16.8 Å². The molecule has 2 unspecified atom stereocenters. The lowest BCUT2D eigenvalue weighted by Gasteiger charge is -2.12. The van der Waals surface area contributed by atoms with Crippen LogP contribution in [0.3, 0.4) is 0 Å². The van der Waals surface area contributed by atoms with Gasteiger partial charge in [-0.05, 0) is 11.8 Å². The van der Waals surface area contributed by atoms with Crippen LogP contribution in [-0.2, 0) is 20.0 Å². The molecule has 14 heavy (non-hydrogen) atoms. The molecule has 0 aliphatic carbocycles. The van der Waals surface area contributed by atoms with Gasteiger partial charge >= 0.3 is 0 Å². The van der Waals surface area contributed by atoms with Crippen molar-refractivity contribution in [3.05, 3.63) is 0 Å². The lowest BCUT2D eigenvalue weighted by Crippen LogP contribution is -2.31. The summed E-state index contributed by atoms with van der Waals surface area (Å²) in [5.41, 5.74) is 0. The summed E-state index contributed by atoms with van der Waals surface area (Å²) in [6, 6.07) is 0. The minimum absolute atomic E-state index is 0. The molecule has 1 rings (SSSR count). The average molecular weight is 243 g/mol. The summed E-state index contributed by atoms with van der Waals surface area (Å²) < 4.78 is 46.3. The highest BCUT2D eigenvalue weighted by molar-refractivity contribution is 8.04. The first kappa shape index (κ1) is 13.9. The van der Waals surface area contributed by atoms with E-state index in [-0.39, 0.29) is 30.8 Å². The summed E-state index contributed by atoms with van der Waals surface area (Å²) in [4.78, 5) is 0. The first-order chi connectivity index (χ1) is 5.72. The summed E-state index contributed by atoms with van der Waals surface area (Å²) in [5, 5.41) is 0. The van der Waals surface area contributed by atoms with Gasteiger partial charge in [-0.15, -0.1) is 4.13 Å². The van der Waals surface area contributed by atoms with Crippen LogP contribution in [0.5, 0.6) is 0 Å². The molecule has 1 N–H and O–H groups in total. The van der Waals surface area contributed by atoms with Crippen LogP contribution < -0.4 is 4.13 Å².